The summed E-state index contributed by atoms with van der Waals surface area (Å²) in [5, 5.41) is 42.1. The second-order valence-corrected chi connectivity index (χ2v) is 7.13. The molecule has 3 aromatic carbocycles. The molecule has 4 rings (SSSR count). The van der Waals surface area contributed by atoms with Crippen LogP contribution >= 0.6 is 12.4 Å². The summed E-state index contributed by atoms with van der Waals surface area (Å²) in [6, 6.07) is 6.35. The molecule has 0 aliphatic rings. The minimum Gasteiger partial charge on any atom is -0.507 e. The van der Waals surface area contributed by atoms with Gasteiger partial charge in [0.2, 0.25) is 0 Å². The number of rotatable bonds is 8. The van der Waals surface area contributed by atoms with E-state index >= 15 is 0 Å². The van der Waals surface area contributed by atoms with Gasteiger partial charge in [0, 0.05) is 25.0 Å². The van der Waals surface area contributed by atoms with Gasteiger partial charge < -0.3 is 31.4 Å². The number of halogens is 1. The number of aromatic nitrogens is 2. The first-order valence-electron chi connectivity index (χ1n) is 9.90. The first-order chi connectivity index (χ1) is 14.6. The highest BCUT2D eigenvalue weighted by molar-refractivity contribution is 6.23. The van der Waals surface area contributed by atoms with Gasteiger partial charge in [-0.2, -0.15) is 0 Å². The van der Waals surface area contributed by atoms with E-state index in [9.17, 15) is 15.0 Å². The minimum atomic E-state index is -0.286. The summed E-state index contributed by atoms with van der Waals surface area (Å²) in [7, 11) is 1.84. The lowest BCUT2D eigenvalue weighted by Crippen LogP contribution is -2.23. The van der Waals surface area contributed by atoms with E-state index < -0.39 is 0 Å². The lowest BCUT2D eigenvalue weighted by atomic mass is 9.99. The third-order valence-electron chi connectivity index (χ3n) is 5.26. The van der Waals surface area contributed by atoms with Crippen LogP contribution in [0.1, 0.15) is 0 Å². The molecule has 0 aliphatic heterocycles. The molecule has 0 fully saturated rings. The number of phenols is 2. The van der Waals surface area contributed by atoms with Crippen LogP contribution in [-0.2, 0) is 6.54 Å². The van der Waals surface area contributed by atoms with Gasteiger partial charge in [0.1, 0.15) is 11.5 Å². The molecule has 0 atom stereocenters. The van der Waals surface area contributed by atoms with Crippen LogP contribution < -0.4 is 21.4 Å². The zero-order valence-corrected chi connectivity index (χ0v) is 18.4. The first-order valence-corrected chi connectivity index (χ1v) is 9.90. The van der Waals surface area contributed by atoms with Crippen molar-refractivity contribution in [3.05, 3.63) is 39.8 Å². The average molecular weight is 466 g/mol. The Hall–Kier alpha value is -2.89. The molecule has 0 bridgehead atoms. The van der Waals surface area contributed by atoms with Crippen LogP contribution in [0.25, 0.3) is 32.6 Å². The van der Waals surface area contributed by atoms with Crippen molar-refractivity contribution in [2.75, 3.05) is 39.8 Å². The Morgan fingerprint density at radius 3 is 2.53 bits per heavy atom. The monoisotopic (exact) mass is 465 g/mol. The highest BCUT2D eigenvalue weighted by Crippen LogP contribution is 2.41. The molecule has 0 aliphatic carbocycles. The van der Waals surface area contributed by atoms with Crippen LogP contribution in [-0.4, -0.2) is 70.4 Å². The van der Waals surface area contributed by atoms with Crippen LogP contribution in [0.5, 0.6) is 11.5 Å². The third kappa shape index (κ3) is 4.23. The molecule has 0 amide bonds. The number of benzene rings is 3. The fourth-order valence-electron chi connectivity index (χ4n) is 3.91. The zero-order chi connectivity index (χ0) is 21.3. The number of nitrogens with zero attached hydrogens (tertiary/aromatic N) is 2. The van der Waals surface area contributed by atoms with Crippen molar-refractivity contribution in [2.45, 2.75) is 6.54 Å². The first kappa shape index (κ1) is 25.4. The van der Waals surface area contributed by atoms with Crippen molar-refractivity contribution in [1.29, 1.82) is 0 Å². The van der Waals surface area contributed by atoms with E-state index in [1.165, 1.54) is 12.1 Å². The molecule has 174 valence electrons. The number of aromatic hydroxyl groups is 2. The highest BCUT2D eigenvalue weighted by atomic mass is 35.5. The Morgan fingerprint density at radius 2 is 1.81 bits per heavy atom. The molecule has 11 heteroatoms. The number of aliphatic hydroxyl groups is 1. The van der Waals surface area contributed by atoms with E-state index in [4.69, 9.17) is 5.11 Å². The van der Waals surface area contributed by atoms with Crippen LogP contribution in [0.15, 0.2) is 34.1 Å². The molecule has 32 heavy (non-hydrogen) atoms. The number of phenolic OH excluding ortho intramolecular Hbond substituents is 2. The maximum atomic E-state index is 12.7. The average Bonchev–Trinajstić information content (AvgIpc) is 3.10. The van der Waals surface area contributed by atoms with E-state index in [2.05, 4.69) is 20.7 Å². The number of likely N-dealkylation sites (N-methyl/N-ethyl adjacent to an activating group) is 1. The lowest BCUT2D eigenvalue weighted by molar-refractivity contribution is 0.291. The largest absolute Gasteiger partial charge is 0.507 e. The molecular weight excluding hydrogens is 438 g/mol. The van der Waals surface area contributed by atoms with Gasteiger partial charge in [-0.25, -0.2) is 0 Å². The van der Waals surface area contributed by atoms with Crippen LogP contribution in [0.3, 0.4) is 0 Å². The molecule has 0 saturated heterocycles. The molecule has 4 aromatic rings. The van der Waals surface area contributed by atoms with Gasteiger partial charge in [-0.3, -0.25) is 19.6 Å². The summed E-state index contributed by atoms with van der Waals surface area (Å²) in [6.45, 7) is 2.92. The quantitative estimate of drug-likeness (QED) is 0.155. The predicted molar refractivity (Wildman–Crippen MR) is 127 cm³/mol. The van der Waals surface area contributed by atoms with Crippen molar-refractivity contribution in [3.63, 3.8) is 0 Å². The summed E-state index contributed by atoms with van der Waals surface area (Å²) < 4.78 is 1.89. The number of aromatic amines is 1. The topological polar surface area (TPSA) is 166 Å². The fourth-order valence-corrected chi connectivity index (χ4v) is 3.91. The Kier molecular flexibility index (Phi) is 8.42. The van der Waals surface area contributed by atoms with Gasteiger partial charge in [0.25, 0.3) is 0 Å². The van der Waals surface area contributed by atoms with Gasteiger partial charge in [-0.15, -0.1) is 12.4 Å². The van der Waals surface area contributed by atoms with E-state index in [1.54, 1.807) is 0 Å². The van der Waals surface area contributed by atoms with Crippen molar-refractivity contribution in [2.24, 2.45) is 4.99 Å². The smallest absolute Gasteiger partial charge is 0.189 e. The Bertz CT molecular complexity index is 1330. The van der Waals surface area contributed by atoms with Gasteiger partial charge in [-0.1, -0.05) is 0 Å². The van der Waals surface area contributed by atoms with E-state index in [1.807, 2.05) is 23.9 Å². The summed E-state index contributed by atoms with van der Waals surface area (Å²) in [4.78, 5) is 17.3. The second kappa shape index (κ2) is 10.6. The second-order valence-electron chi connectivity index (χ2n) is 7.13. The lowest BCUT2D eigenvalue weighted by Gasteiger charge is -2.09. The molecule has 0 radical (unpaired) electrons. The number of fused-ring (bicyclic) bond motifs is 2. The number of H-pyrrole nitrogens is 1. The van der Waals surface area contributed by atoms with Crippen LogP contribution in [0, 0.1) is 0 Å². The van der Waals surface area contributed by atoms with Gasteiger partial charge in [0.15, 0.2) is 5.43 Å². The molecule has 1 heterocycles. The van der Waals surface area contributed by atoms with E-state index in [0.717, 1.165) is 5.52 Å². The predicted octanol–water partition coefficient (Wildman–Crippen LogP) is -0.216. The summed E-state index contributed by atoms with van der Waals surface area (Å²) >= 11 is 0. The number of hydrogen-bond donors (Lipinski definition) is 6. The van der Waals surface area contributed by atoms with Crippen LogP contribution in [0.4, 0.5) is 0 Å². The molecule has 0 saturated carbocycles. The van der Waals surface area contributed by atoms with Crippen molar-refractivity contribution in [1.82, 2.24) is 20.4 Å². The highest BCUT2D eigenvalue weighted by Gasteiger charge is 2.21. The minimum absolute atomic E-state index is 0. The van der Waals surface area contributed by atoms with Crippen molar-refractivity contribution >= 4 is 45.0 Å². The molecule has 10 nitrogen and oxygen atoms in total. The Labute approximate surface area is 189 Å². The number of hydrogen-bond acceptors (Lipinski definition) is 7. The molecule has 1 aromatic heterocycles. The number of aliphatic hydroxyl groups excluding tert-OH is 1. The normalized spacial score (nSPS) is 11.9. The van der Waals surface area contributed by atoms with E-state index in [0.29, 0.717) is 54.4 Å². The molecular formula is C21H28ClN5O5. The van der Waals surface area contributed by atoms with Crippen molar-refractivity contribution < 1.29 is 20.8 Å². The van der Waals surface area contributed by atoms with Crippen LogP contribution in [0.2, 0.25) is 0 Å². The standard InChI is InChI=1S/C21H25N5O4.ClH.H2O/c1-22-6-7-24-12-2-3-13-17-16(12)21(30)19-15(29)5-4-14(28)18(19)20(17)25-26(13)10-8-23-9-11-27;;/h2-5,22-23,25,27,29-30H,6-11H2,1H3;1H;1H2. The molecule has 0 unspecified atom stereocenters. The van der Waals surface area contributed by atoms with Gasteiger partial charge in [-0.05, 0) is 31.3 Å². The van der Waals surface area contributed by atoms with Gasteiger partial charge in [0.05, 0.1) is 52.2 Å². The van der Waals surface area contributed by atoms with Crippen molar-refractivity contribution in [3.8, 4) is 11.5 Å². The summed E-state index contributed by atoms with van der Waals surface area (Å²) in [6.07, 6.45) is 0. The number of nitrogens with one attached hydrogen (secondary N) is 3. The summed E-state index contributed by atoms with van der Waals surface area (Å²) in [5.41, 5.74) is 1.09. The summed E-state index contributed by atoms with van der Waals surface area (Å²) in [5.74, 6) is -0.303. The zero-order valence-electron chi connectivity index (χ0n) is 17.6. The maximum absolute atomic E-state index is 12.7. The molecule has 8 N–H and O–H groups in total. The Morgan fingerprint density at radius 1 is 1.03 bits per heavy atom. The third-order valence-corrected chi connectivity index (χ3v) is 5.26. The van der Waals surface area contributed by atoms with Gasteiger partial charge >= 0.3 is 0 Å². The molecule has 0 spiro atoms. The Balaban J connectivity index is 0.00000181. The SMILES string of the molecule is CNCCN=c1ccc2c3c1c(O)c1c(O)ccc(=O)c1c3[nH]n2CCNCCO.Cl.O. The fraction of sp³-hybridized carbons (Fsp3) is 0.333. The maximum Gasteiger partial charge on any atom is 0.189 e. The van der Waals surface area contributed by atoms with E-state index in [-0.39, 0.29) is 52.2 Å².